The Kier molecular flexibility index (Phi) is 6.89. The predicted molar refractivity (Wildman–Crippen MR) is 122 cm³/mol. The van der Waals surface area contributed by atoms with Gasteiger partial charge in [-0.3, -0.25) is 4.79 Å². The van der Waals surface area contributed by atoms with Gasteiger partial charge in [0.1, 0.15) is 18.2 Å². The van der Waals surface area contributed by atoms with Gasteiger partial charge in [-0.25, -0.2) is 9.36 Å². The van der Waals surface area contributed by atoms with E-state index >= 15 is 0 Å². The van der Waals surface area contributed by atoms with Crippen LogP contribution in [0, 0.1) is 0 Å². The molecule has 0 unspecified atom stereocenters. The lowest BCUT2D eigenvalue weighted by atomic mass is 9.87. The topological polar surface area (TPSA) is 113 Å². The van der Waals surface area contributed by atoms with Crippen LogP contribution in [-0.2, 0) is 16.8 Å². The van der Waals surface area contributed by atoms with Crippen LogP contribution in [0.15, 0.2) is 41.7 Å². The van der Waals surface area contributed by atoms with E-state index in [0.29, 0.717) is 16.8 Å². The van der Waals surface area contributed by atoms with Gasteiger partial charge in [-0.15, -0.1) is 10.2 Å². The molecule has 31 heavy (non-hydrogen) atoms. The summed E-state index contributed by atoms with van der Waals surface area (Å²) >= 11 is 1.21. The fourth-order valence-corrected chi connectivity index (χ4v) is 3.51. The number of aromatic nitrogens is 5. The molecule has 0 aliphatic carbocycles. The molecular formula is C21H29N7O2S. The first-order valence-corrected chi connectivity index (χ1v) is 11.0. The van der Waals surface area contributed by atoms with Crippen molar-refractivity contribution in [3.63, 3.8) is 0 Å². The van der Waals surface area contributed by atoms with Gasteiger partial charge in [-0.1, -0.05) is 44.7 Å². The van der Waals surface area contributed by atoms with E-state index in [9.17, 15) is 4.79 Å². The summed E-state index contributed by atoms with van der Waals surface area (Å²) in [6, 6.07) is 9.87. The Morgan fingerprint density at radius 1 is 1.19 bits per heavy atom. The van der Waals surface area contributed by atoms with Gasteiger partial charge in [-0.05, 0) is 37.0 Å². The summed E-state index contributed by atoms with van der Waals surface area (Å²) in [6.07, 6.45) is 1.65. The van der Waals surface area contributed by atoms with Crippen molar-refractivity contribution in [1.82, 2.24) is 24.7 Å². The largest absolute Gasteiger partial charge is 0.486 e. The van der Waals surface area contributed by atoms with Gasteiger partial charge >= 0.3 is 0 Å². The summed E-state index contributed by atoms with van der Waals surface area (Å²) < 4.78 is 8.88. The van der Waals surface area contributed by atoms with Gasteiger partial charge in [0.2, 0.25) is 11.1 Å². The summed E-state index contributed by atoms with van der Waals surface area (Å²) in [7, 11) is 0. The Hall–Kier alpha value is -3.01. The third-order valence-electron chi connectivity index (χ3n) is 4.58. The number of thioether (sulfide) groups is 1. The van der Waals surface area contributed by atoms with E-state index < -0.39 is 0 Å². The van der Waals surface area contributed by atoms with Gasteiger partial charge in [0.25, 0.3) is 0 Å². The fourth-order valence-electron chi connectivity index (χ4n) is 2.84. The minimum absolute atomic E-state index is 0.0861. The Balaban J connectivity index is 1.53. The Bertz CT molecular complexity index is 1020. The average molecular weight is 444 g/mol. The van der Waals surface area contributed by atoms with Crippen molar-refractivity contribution < 1.29 is 9.53 Å². The van der Waals surface area contributed by atoms with Gasteiger partial charge in [0.05, 0.1) is 11.9 Å². The second kappa shape index (κ2) is 9.42. The Morgan fingerprint density at radius 3 is 2.55 bits per heavy atom. The maximum absolute atomic E-state index is 12.3. The van der Waals surface area contributed by atoms with E-state index in [1.165, 1.54) is 22.0 Å². The molecule has 1 amide bonds. The second-order valence-electron chi connectivity index (χ2n) is 8.42. The number of carbonyl (C=O) groups excluding carboxylic acids is 1. The normalized spacial score (nSPS) is 11.7. The predicted octanol–water partition coefficient (Wildman–Crippen LogP) is 3.38. The third-order valence-corrected chi connectivity index (χ3v) is 5.53. The van der Waals surface area contributed by atoms with Crippen molar-refractivity contribution in [2.45, 2.75) is 57.8 Å². The summed E-state index contributed by atoms with van der Waals surface area (Å²) in [6.45, 7) is 10.7. The molecule has 3 N–H and O–H groups in total. The molecule has 2 aromatic heterocycles. The van der Waals surface area contributed by atoms with E-state index in [2.05, 4.69) is 41.4 Å². The van der Waals surface area contributed by atoms with Crippen LogP contribution in [0.5, 0.6) is 5.75 Å². The van der Waals surface area contributed by atoms with Crippen LogP contribution in [0.3, 0.4) is 0 Å². The monoisotopic (exact) mass is 443 g/mol. The molecule has 3 rings (SSSR count). The molecule has 3 aromatic rings. The number of ether oxygens (including phenoxy) is 1. The molecule has 0 fully saturated rings. The van der Waals surface area contributed by atoms with E-state index in [0.717, 1.165) is 5.75 Å². The van der Waals surface area contributed by atoms with E-state index in [4.69, 9.17) is 10.6 Å². The Labute approximate surface area is 186 Å². The zero-order valence-electron chi connectivity index (χ0n) is 18.5. The molecule has 0 bridgehead atoms. The highest BCUT2D eigenvalue weighted by Crippen LogP contribution is 2.24. The zero-order valence-corrected chi connectivity index (χ0v) is 19.3. The number of nitrogens with one attached hydrogen (secondary N) is 1. The molecule has 9 nitrogen and oxygen atoms in total. The molecular weight excluding hydrogens is 414 g/mol. The first kappa shape index (κ1) is 22.7. The van der Waals surface area contributed by atoms with Crippen LogP contribution < -0.4 is 15.9 Å². The molecule has 166 valence electrons. The Morgan fingerprint density at radius 2 is 1.90 bits per heavy atom. The van der Waals surface area contributed by atoms with Crippen LogP contribution in [0.25, 0.3) is 0 Å². The van der Waals surface area contributed by atoms with Crippen molar-refractivity contribution in [3.05, 3.63) is 47.9 Å². The van der Waals surface area contributed by atoms with Crippen LogP contribution in [0.2, 0.25) is 0 Å². The molecule has 0 radical (unpaired) electrons. The van der Waals surface area contributed by atoms with Crippen molar-refractivity contribution in [3.8, 4) is 5.75 Å². The SMILES string of the molecule is CC(C)n1nccc1NC(=O)CSc1nnc(COc2ccc(C(C)(C)C)cc2)n1N. The number of rotatable bonds is 8. The molecule has 0 aliphatic rings. The zero-order chi connectivity index (χ0) is 22.6. The number of hydrogen-bond donors (Lipinski definition) is 2. The third kappa shape index (κ3) is 5.78. The number of anilines is 1. The number of nitrogens with two attached hydrogens (primary N) is 1. The minimum atomic E-state index is -0.174. The fraction of sp³-hybridized carbons (Fsp3) is 0.429. The summed E-state index contributed by atoms with van der Waals surface area (Å²) in [5, 5.41) is 15.6. The first-order chi connectivity index (χ1) is 14.6. The van der Waals surface area contributed by atoms with Crippen LogP contribution in [0.1, 0.15) is 52.0 Å². The average Bonchev–Trinajstić information content (AvgIpc) is 3.31. The summed E-state index contributed by atoms with van der Waals surface area (Å²) in [4.78, 5) is 12.3. The maximum atomic E-state index is 12.3. The lowest BCUT2D eigenvalue weighted by Gasteiger charge is -2.19. The van der Waals surface area contributed by atoms with Gasteiger partial charge < -0.3 is 15.9 Å². The van der Waals surface area contributed by atoms with Crippen molar-refractivity contribution in [2.24, 2.45) is 0 Å². The number of amides is 1. The highest BCUT2D eigenvalue weighted by atomic mass is 32.2. The van der Waals surface area contributed by atoms with Crippen molar-refractivity contribution in [2.75, 3.05) is 16.9 Å². The van der Waals surface area contributed by atoms with Crippen molar-refractivity contribution >= 4 is 23.5 Å². The van der Waals surface area contributed by atoms with Crippen molar-refractivity contribution in [1.29, 1.82) is 0 Å². The smallest absolute Gasteiger partial charge is 0.235 e. The quantitative estimate of drug-likeness (QED) is 0.405. The highest BCUT2D eigenvalue weighted by molar-refractivity contribution is 7.99. The maximum Gasteiger partial charge on any atom is 0.235 e. The molecule has 0 aliphatic heterocycles. The minimum Gasteiger partial charge on any atom is -0.486 e. The molecule has 0 atom stereocenters. The summed E-state index contributed by atoms with van der Waals surface area (Å²) in [5.74, 6) is 7.91. The van der Waals surface area contributed by atoms with Gasteiger partial charge in [0.15, 0.2) is 5.82 Å². The summed E-state index contributed by atoms with van der Waals surface area (Å²) in [5.41, 5.74) is 1.32. The lowest BCUT2D eigenvalue weighted by Crippen LogP contribution is -2.20. The lowest BCUT2D eigenvalue weighted by molar-refractivity contribution is -0.113. The second-order valence-corrected chi connectivity index (χ2v) is 9.37. The van der Waals surface area contributed by atoms with Gasteiger partial charge in [-0.2, -0.15) is 5.10 Å². The highest BCUT2D eigenvalue weighted by Gasteiger charge is 2.16. The van der Waals surface area contributed by atoms with E-state index in [1.54, 1.807) is 16.9 Å². The van der Waals surface area contributed by atoms with Gasteiger partial charge in [0, 0.05) is 12.1 Å². The molecule has 0 saturated heterocycles. The number of benzene rings is 1. The number of nitrogens with zero attached hydrogens (tertiary/aromatic N) is 5. The van der Waals surface area contributed by atoms with E-state index in [-0.39, 0.29) is 29.7 Å². The van der Waals surface area contributed by atoms with E-state index in [1.807, 2.05) is 38.1 Å². The molecule has 0 spiro atoms. The number of hydrogen-bond acceptors (Lipinski definition) is 7. The van der Waals surface area contributed by atoms with Crippen LogP contribution in [0.4, 0.5) is 5.82 Å². The number of nitrogen functional groups attached to an aromatic ring is 1. The van der Waals surface area contributed by atoms with Crippen LogP contribution >= 0.6 is 11.8 Å². The molecule has 1 aromatic carbocycles. The first-order valence-electron chi connectivity index (χ1n) is 10.0. The standard InChI is InChI=1S/C21H29N7O2S/c1-14(2)28-17(10-11-23-28)24-19(29)13-31-20-26-25-18(27(20)22)12-30-16-8-6-15(7-9-16)21(3,4)5/h6-11,14H,12-13,22H2,1-5H3,(H,24,29). The van der Waals surface area contributed by atoms with Crippen LogP contribution in [-0.4, -0.2) is 36.3 Å². The number of carbonyl (C=O) groups is 1. The molecule has 10 heteroatoms. The molecule has 2 heterocycles. The molecule has 0 saturated carbocycles.